The van der Waals surface area contributed by atoms with Gasteiger partial charge in [0.1, 0.15) is 5.75 Å². The minimum atomic E-state index is 0.189. The number of rotatable bonds is 5. The topological polar surface area (TPSA) is 55.5 Å². The number of halogens is 1. The van der Waals surface area contributed by atoms with Gasteiger partial charge < -0.3 is 15.6 Å². The first-order valence-corrected chi connectivity index (χ1v) is 4.90. The Bertz CT molecular complexity index is 291. The normalized spacial score (nSPS) is 10.1. The van der Waals surface area contributed by atoms with Crippen LogP contribution in [0.5, 0.6) is 5.75 Å². The minimum Gasteiger partial charge on any atom is -0.491 e. The quantitative estimate of drug-likeness (QED) is 0.584. The largest absolute Gasteiger partial charge is 0.491 e. The molecule has 4 heteroatoms. The van der Waals surface area contributed by atoms with Gasteiger partial charge in [0.05, 0.1) is 12.3 Å². The maximum absolute atomic E-state index is 8.56. The zero-order chi connectivity index (χ0) is 10.4. The molecule has 0 saturated heterocycles. The zero-order valence-corrected chi connectivity index (χ0v) is 8.63. The SMILES string of the molecule is Nc1ccc(Cl)cc1OCCCCO. The Hall–Kier alpha value is -0.930. The van der Waals surface area contributed by atoms with Crippen LogP contribution in [0.25, 0.3) is 0 Å². The average Bonchev–Trinajstić information content (AvgIpc) is 2.18. The van der Waals surface area contributed by atoms with Gasteiger partial charge in [0, 0.05) is 17.7 Å². The third-order valence-corrected chi connectivity index (χ3v) is 2.02. The summed E-state index contributed by atoms with van der Waals surface area (Å²) in [4.78, 5) is 0. The minimum absolute atomic E-state index is 0.189. The highest BCUT2D eigenvalue weighted by molar-refractivity contribution is 6.30. The van der Waals surface area contributed by atoms with Gasteiger partial charge in [-0.15, -0.1) is 0 Å². The van der Waals surface area contributed by atoms with Gasteiger partial charge in [-0.3, -0.25) is 0 Å². The number of aliphatic hydroxyl groups is 1. The Morgan fingerprint density at radius 3 is 2.86 bits per heavy atom. The van der Waals surface area contributed by atoms with E-state index in [-0.39, 0.29) is 6.61 Å². The Morgan fingerprint density at radius 1 is 1.36 bits per heavy atom. The summed E-state index contributed by atoms with van der Waals surface area (Å²) in [5.74, 6) is 0.607. The fourth-order valence-corrected chi connectivity index (χ4v) is 1.19. The first-order chi connectivity index (χ1) is 6.74. The van der Waals surface area contributed by atoms with Crippen LogP contribution in [0.4, 0.5) is 5.69 Å². The molecule has 0 heterocycles. The lowest BCUT2D eigenvalue weighted by Crippen LogP contribution is -2.01. The molecule has 0 aromatic heterocycles. The predicted molar refractivity (Wildman–Crippen MR) is 57.7 cm³/mol. The molecular formula is C10H14ClNO2. The van der Waals surface area contributed by atoms with Gasteiger partial charge in [-0.25, -0.2) is 0 Å². The van der Waals surface area contributed by atoms with Crippen molar-refractivity contribution < 1.29 is 9.84 Å². The van der Waals surface area contributed by atoms with Crippen LogP contribution in [0, 0.1) is 0 Å². The van der Waals surface area contributed by atoms with Crippen molar-refractivity contribution in [1.29, 1.82) is 0 Å². The molecule has 0 aliphatic rings. The van der Waals surface area contributed by atoms with E-state index in [0.717, 1.165) is 12.8 Å². The van der Waals surface area contributed by atoms with Crippen molar-refractivity contribution >= 4 is 17.3 Å². The summed E-state index contributed by atoms with van der Waals surface area (Å²) in [5.41, 5.74) is 6.25. The monoisotopic (exact) mass is 215 g/mol. The van der Waals surface area contributed by atoms with Gasteiger partial charge in [-0.2, -0.15) is 0 Å². The van der Waals surface area contributed by atoms with Crippen LogP contribution < -0.4 is 10.5 Å². The molecule has 3 nitrogen and oxygen atoms in total. The predicted octanol–water partition coefficient (Wildman–Crippen LogP) is 2.07. The summed E-state index contributed by atoms with van der Waals surface area (Å²) in [5, 5.41) is 9.17. The summed E-state index contributed by atoms with van der Waals surface area (Å²) >= 11 is 5.78. The highest BCUT2D eigenvalue weighted by Crippen LogP contribution is 2.25. The second kappa shape index (κ2) is 5.73. The summed E-state index contributed by atoms with van der Waals surface area (Å²) in [6.07, 6.45) is 1.54. The number of anilines is 1. The summed E-state index contributed by atoms with van der Waals surface area (Å²) in [6.45, 7) is 0.736. The number of nitrogens with two attached hydrogens (primary N) is 1. The molecular weight excluding hydrogens is 202 g/mol. The number of hydrogen-bond acceptors (Lipinski definition) is 3. The lowest BCUT2D eigenvalue weighted by Gasteiger charge is -2.08. The van der Waals surface area contributed by atoms with E-state index < -0.39 is 0 Å². The summed E-state index contributed by atoms with van der Waals surface area (Å²) in [7, 11) is 0. The molecule has 3 N–H and O–H groups in total. The van der Waals surface area contributed by atoms with E-state index >= 15 is 0 Å². The zero-order valence-electron chi connectivity index (χ0n) is 7.87. The van der Waals surface area contributed by atoms with Crippen molar-refractivity contribution in [2.45, 2.75) is 12.8 Å². The van der Waals surface area contributed by atoms with E-state index in [4.69, 9.17) is 27.2 Å². The molecule has 0 spiro atoms. The maximum atomic E-state index is 8.56. The maximum Gasteiger partial charge on any atom is 0.143 e. The van der Waals surface area contributed by atoms with E-state index in [2.05, 4.69) is 0 Å². The van der Waals surface area contributed by atoms with Crippen LogP contribution in [0.3, 0.4) is 0 Å². The molecule has 78 valence electrons. The standard InChI is InChI=1S/C10H14ClNO2/c11-8-3-4-9(12)10(7-8)14-6-2-1-5-13/h3-4,7,13H,1-2,5-6,12H2. The molecule has 0 unspecified atom stereocenters. The third-order valence-electron chi connectivity index (χ3n) is 1.79. The summed E-state index contributed by atoms with van der Waals surface area (Å²) in [6, 6.07) is 5.12. The van der Waals surface area contributed by atoms with Crippen LogP contribution >= 0.6 is 11.6 Å². The van der Waals surface area contributed by atoms with Crippen molar-refractivity contribution in [3.05, 3.63) is 23.2 Å². The second-order valence-corrected chi connectivity index (χ2v) is 3.40. The number of benzene rings is 1. The number of ether oxygens (including phenoxy) is 1. The molecule has 0 atom stereocenters. The van der Waals surface area contributed by atoms with Crippen LogP contribution in [0.15, 0.2) is 18.2 Å². The van der Waals surface area contributed by atoms with E-state index in [1.807, 2.05) is 0 Å². The van der Waals surface area contributed by atoms with Gasteiger partial charge >= 0.3 is 0 Å². The van der Waals surface area contributed by atoms with Crippen molar-refractivity contribution in [3.63, 3.8) is 0 Å². The van der Waals surface area contributed by atoms with Crippen LogP contribution in [-0.2, 0) is 0 Å². The number of nitrogen functional groups attached to an aromatic ring is 1. The summed E-state index contributed by atoms with van der Waals surface area (Å²) < 4.78 is 5.40. The molecule has 0 bridgehead atoms. The lowest BCUT2D eigenvalue weighted by atomic mass is 10.3. The Kier molecular flexibility index (Phi) is 4.56. The highest BCUT2D eigenvalue weighted by Gasteiger charge is 2.00. The van der Waals surface area contributed by atoms with E-state index in [0.29, 0.717) is 23.1 Å². The second-order valence-electron chi connectivity index (χ2n) is 2.96. The molecule has 14 heavy (non-hydrogen) atoms. The Balaban J connectivity index is 2.45. The van der Waals surface area contributed by atoms with Gasteiger partial charge in [-0.1, -0.05) is 11.6 Å². The molecule has 1 aromatic rings. The van der Waals surface area contributed by atoms with E-state index in [9.17, 15) is 0 Å². The van der Waals surface area contributed by atoms with Gasteiger partial charge in [-0.05, 0) is 25.0 Å². The molecule has 1 rings (SSSR count). The van der Waals surface area contributed by atoms with E-state index in [1.54, 1.807) is 18.2 Å². The molecule has 0 fully saturated rings. The van der Waals surface area contributed by atoms with Crippen molar-refractivity contribution in [3.8, 4) is 5.75 Å². The Morgan fingerprint density at radius 2 is 2.14 bits per heavy atom. The third kappa shape index (κ3) is 3.44. The number of aliphatic hydroxyl groups excluding tert-OH is 1. The molecule has 1 aromatic carbocycles. The number of hydrogen-bond donors (Lipinski definition) is 2. The van der Waals surface area contributed by atoms with Crippen LogP contribution in [0.1, 0.15) is 12.8 Å². The Labute approximate surface area is 88.4 Å². The lowest BCUT2D eigenvalue weighted by molar-refractivity contribution is 0.253. The molecule has 0 saturated carbocycles. The first kappa shape index (κ1) is 11.1. The number of unbranched alkanes of at least 4 members (excludes halogenated alkanes) is 1. The smallest absolute Gasteiger partial charge is 0.143 e. The van der Waals surface area contributed by atoms with E-state index in [1.165, 1.54) is 0 Å². The molecule has 0 aliphatic carbocycles. The van der Waals surface area contributed by atoms with Crippen molar-refractivity contribution in [1.82, 2.24) is 0 Å². The van der Waals surface area contributed by atoms with Crippen LogP contribution in [-0.4, -0.2) is 18.3 Å². The first-order valence-electron chi connectivity index (χ1n) is 4.52. The van der Waals surface area contributed by atoms with Gasteiger partial charge in [0.25, 0.3) is 0 Å². The molecule has 0 aliphatic heterocycles. The average molecular weight is 216 g/mol. The van der Waals surface area contributed by atoms with Crippen molar-refractivity contribution in [2.75, 3.05) is 18.9 Å². The van der Waals surface area contributed by atoms with Gasteiger partial charge in [0.15, 0.2) is 0 Å². The highest BCUT2D eigenvalue weighted by atomic mass is 35.5. The molecule has 0 radical (unpaired) electrons. The fraction of sp³-hybridized carbons (Fsp3) is 0.400. The fourth-order valence-electron chi connectivity index (χ4n) is 1.03. The van der Waals surface area contributed by atoms with Crippen molar-refractivity contribution in [2.24, 2.45) is 0 Å². The van der Waals surface area contributed by atoms with Gasteiger partial charge in [0.2, 0.25) is 0 Å². The van der Waals surface area contributed by atoms with Crippen LogP contribution in [0.2, 0.25) is 5.02 Å². The molecule has 0 amide bonds.